The molecule has 0 bridgehead atoms. The molecule has 0 aliphatic heterocycles. The Morgan fingerprint density at radius 3 is 2.31 bits per heavy atom. The SMILES string of the molecule is CCCCC(=NOC(C)=O)c1ccc2c(c1)C(C)(C)c1cc(Sc3ccccc3)ccc1-2. The molecule has 3 aromatic rings. The Morgan fingerprint density at radius 2 is 1.62 bits per heavy atom. The zero-order chi connectivity index (χ0) is 22.7. The zero-order valence-electron chi connectivity index (χ0n) is 19.1. The zero-order valence-corrected chi connectivity index (χ0v) is 20.0. The third kappa shape index (κ3) is 4.51. The van der Waals surface area contributed by atoms with Gasteiger partial charge in [0.15, 0.2) is 0 Å². The van der Waals surface area contributed by atoms with Crippen molar-refractivity contribution >= 4 is 23.4 Å². The van der Waals surface area contributed by atoms with Crippen molar-refractivity contribution in [1.29, 1.82) is 0 Å². The molecule has 3 aromatic carbocycles. The van der Waals surface area contributed by atoms with Gasteiger partial charge in [-0.2, -0.15) is 0 Å². The molecule has 4 heteroatoms. The molecular formula is C28H29NO2S. The number of benzene rings is 3. The van der Waals surface area contributed by atoms with E-state index in [0.29, 0.717) is 0 Å². The molecule has 0 heterocycles. The largest absolute Gasteiger partial charge is 0.331 e. The van der Waals surface area contributed by atoms with Gasteiger partial charge in [0, 0.05) is 22.1 Å². The first-order valence-corrected chi connectivity index (χ1v) is 12.0. The van der Waals surface area contributed by atoms with Crippen molar-refractivity contribution in [2.45, 2.75) is 62.2 Å². The Kier molecular flexibility index (Phi) is 6.52. The van der Waals surface area contributed by atoms with E-state index in [9.17, 15) is 4.79 Å². The van der Waals surface area contributed by atoms with Gasteiger partial charge in [-0.3, -0.25) is 0 Å². The molecule has 32 heavy (non-hydrogen) atoms. The molecule has 0 amide bonds. The van der Waals surface area contributed by atoms with Crippen molar-refractivity contribution in [3.8, 4) is 11.1 Å². The minimum Gasteiger partial charge on any atom is -0.318 e. The van der Waals surface area contributed by atoms with Crippen LogP contribution in [0.15, 0.2) is 81.7 Å². The molecular weight excluding hydrogens is 414 g/mol. The van der Waals surface area contributed by atoms with E-state index in [-0.39, 0.29) is 5.41 Å². The lowest BCUT2D eigenvalue weighted by Gasteiger charge is -2.22. The number of fused-ring (bicyclic) bond motifs is 3. The Hall–Kier alpha value is -2.85. The summed E-state index contributed by atoms with van der Waals surface area (Å²) in [5, 5.41) is 4.18. The molecule has 0 atom stereocenters. The van der Waals surface area contributed by atoms with Crippen LogP contribution < -0.4 is 0 Å². The fourth-order valence-corrected chi connectivity index (χ4v) is 5.17. The van der Waals surface area contributed by atoms with E-state index in [1.165, 1.54) is 39.0 Å². The average Bonchev–Trinajstić information content (AvgIpc) is 3.01. The number of nitrogens with zero attached hydrogens (tertiary/aromatic N) is 1. The molecule has 0 N–H and O–H groups in total. The Morgan fingerprint density at radius 1 is 0.938 bits per heavy atom. The Bertz CT molecular complexity index is 1170. The van der Waals surface area contributed by atoms with E-state index in [0.717, 1.165) is 30.5 Å². The summed E-state index contributed by atoms with van der Waals surface area (Å²) in [6.07, 6.45) is 2.84. The molecule has 0 radical (unpaired) electrons. The monoisotopic (exact) mass is 443 g/mol. The van der Waals surface area contributed by atoms with E-state index >= 15 is 0 Å². The number of oxime groups is 1. The maximum absolute atomic E-state index is 11.3. The number of carbonyl (C=O) groups is 1. The number of hydrogen-bond donors (Lipinski definition) is 0. The summed E-state index contributed by atoms with van der Waals surface area (Å²) in [5.74, 6) is -0.392. The quantitative estimate of drug-likeness (QED) is 0.214. The van der Waals surface area contributed by atoms with Crippen LogP contribution in [-0.4, -0.2) is 11.7 Å². The second kappa shape index (κ2) is 9.33. The van der Waals surface area contributed by atoms with E-state index in [1.807, 2.05) is 6.07 Å². The van der Waals surface area contributed by atoms with Crippen molar-refractivity contribution < 1.29 is 9.63 Å². The molecule has 0 aromatic heterocycles. The molecule has 0 saturated heterocycles. The first-order valence-electron chi connectivity index (χ1n) is 11.2. The summed E-state index contributed by atoms with van der Waals surface area (Å²) < 4.78 is 0. The lowest BCUT2D eigenvalue weighted by molar-refractivity contribution is -0.140. The van der Waals surface area contributed by atoms with Crippen molar-refractivity contribution in [3.05, 3.63) is 83.4 Å². The molecule has 0 saturated carbocycles. The molecule has 3 nitrogen and oxygen atoms in total. The molecule has 164 valence electrons. The van der Waals surface area contributed by atoms with E-state index in [4.69, 9.17) is 4.84 Å². The van der Waals surface area contributed by atoms with Gasteiger partial charge in [0.2, 0.25) is 0 Å². The van der Waals surface area contributed by atoms with Gasteiger partial charge < -0.3 is 4.84 Å². The predicted octanol–water partition coefficient (Wildman–Crippen LogP) is 7.60. The van der Waals surface area contributed by atoms with Crippen molar-refractivity contribution in [2.75, 3.05) is 0 Å². The number of rotatable bonds is 7. The molecule has 0 unspecified atom stereocenters. The van der Waals surface area contributed by atoms with Gasteiger partial charge in [-0.05, 0) is 71.0 Å². The second-order valence-corrected chi connectivity index (χ2v) is 9.88. The summed E-state index contributed by atoms with van der Waals surface area (Å²) in [4.78, 5) is 18.8. The highest BCUT2D eigenvalue weighted by molar-refractivity contribution is 7.99. The minimum atomic E-state index is -0.392. The van der Waals surface area contributed by atoms with Crippen LogP contribution >= 0.6 is 11.8 Å². The molecule has 0 fully saturated rings. The average molecular weight is 444 g/mol. The van der Waals surface area contributed by atoms with Crippen LogP contribution in [0, 0.1) is 0 Å². The van der Waals surface area contributed by atoms with Gasteiger partial charge in [0.05, 0.1) is 5.71 Å². The first kappa shape index (κ1) is 22.3. The van der Waals surface area contributed by atoms with Gasteiger partial charge in [0.1, 0.15) is 0 Å². The molecule has 1 aliphatic rings. The summed E-state index contributed by atoms with van der Waals surface area (Å²) in [6.45, 7) is 8.10. The van der Waals surface area contributed by atoms with Crippen LogP contribution in [0.3, 0.4) is 0 Å². The fraction of sp³-hybridized carbons (Fsp3) is 0.286. The number of carbonyl (C=O) groups excluding carboxylic acids is 1. The highest BCUT2D eigenvalue weighted by Crippen LogP contribution is 2.50. The fourth-order valence-electron chi connectivity index (χ4n) is 4.29. The predicted molar refractivity (Wildman–Crippen MR) is 132 cm³/mol. The summed E-state index contributed by atoms with van der Waals surface area (Å²) in [5.41, 5.74) is 6.94. The minimum absolute atomic E-state index is 0.120. The van der Waals surface area contributed by atoms with Crippen LogP contribution in [0.5, 0.6) is 0 Å². The van der Waals surface area contributed by atoms with Crippen LogP contribution in [0.25, 0.3) is 11.1 Å². The highest BCUT2D eigenvalue weighted by atomic mass is 32.2. The van der Waals surface area contributed by atoms with Gasteiger partial charge in [-0.1, -0.05) is 80.5 Å². The van der Waals surface area contributed by atoms with Crippen molar-refractivity contribution in [3.63, 3.8) is 0 Å². The normalized spacial score (nSPS) is 14.1. The summed E-state index contributed by atoms with van der Waals surface area (Å²) in [7, 11) is 0. The smallest absolute Gasteiger partial charge is 0.318 e. The maximum Gasteiger partial charge on any atom is 0.331 e. The van der Waals surface area contributed by atoms with Gasteiger partial charge in [0.25, 0.3) is 0 Å². The summed E-state index contributed by atoms with van der Waals surface area (Å²) >= 11 is 1.79. The topological polar surface area (TPSA) is 38.7 Å². The van der Waals surface area contributed by atoms with Gasteiger partial charge >= 0.3 is 5.97 Å². The Balaban J connectivity index is 1.70. The van der Waals surface area contributed by atoms with Crippen LogP contribution in [0.4, 0.5) is 0 Å². The third-order valence-corrected chi connectivity index (χ3v) is 7.01. The standard InChI is InChI=1S/C28H29NO2S/c1-5-6-12-27(29-31-19(2)30)20-13-15-23-24-16-14-22(32-21-10-8-7-9-11-21)18-26(24)28(3,4)25(23)17-20/h7-11,13-18H,5-6,12H2,1-4H3. The summed E-state index contributed by atoms with van der Waals surface area (Å²) in [6, 6.07) is 23.8. The molecule has 1 aliphatic carbocycles. The van der Waals surface area contributed by atoms with Crippen LogP contribution in [0.1, 0.15) is 63.6 Å². The Labute approximate surface area is 194 Å². The van der Waals surface area contributed by atoms with Gasteiger partial charge in [-0.25, -0.2) is 4.79 Å². The number of unbranched alkanes of at least 4 members (excludes halogenated alkanes) is 1. The number of hydrogen-bond acceptors (Lipinski definition) is 4. The van der Waals surface area contributed by atoms with Crippen molar-refractivity contribution in [2.24, 2.45) is 5.16 Å². The van der Waals surface area contributed by atoms with E-state index in [2.05, 4.69) is 86.6 Å². The van der Waals surface area contributed by atoms with Crippen molar-refractivity contribution in [1.82, 2.24) is 0 Å². The maximum atomic E-state index is 11.3. The van der Waals surface area contributed by atoms with E-state index in [1.54, 1.807) is 11.8 Å². The highest BCUT2D eigenvalue weighted by Gasteiger charge is 2.36. The first-order chi connectivity index (χ1) is 15.4. The van der Waals surface area contributed by atoms with E-state index < -0.39 is 5.97 Å². The lowest BCUT2D eigenvalue weighted by atomic mass is 9.81. The van der Waals surface area contributed by atoms with Gasteiger partial charge in [-0.15, -0.1) is 0 Å². The molecule has 4 rings (SSSR count). The second-order valence-electron chi connectivity index (χ2n) is 8.73. The van der Waals surface area contributed by atoms with Crippen LogP contribution in [-0.2, 0) is 15.0 Å². The molecule has 0 spiro atoms. The van der Waals surface area contributed by atoms with Crippen LogP contribution in [0.2, 0.25) is 0 Å². The third-order valence-electron chi connectivity index (χ3n) is 6.01. The lowest BCUT2D eigenvalue weighted by Crippen LogP contribution is -2.16.